The second kappa shape index (κ2) is 3.65. The Morgan fingerprint density at radius 2 is 2.00 bits per heavy atom. The van der Waals surface area contributed by atoms with Gasteiger partial charge in [-0.05, 0) is 24.1 Å². The van der Waals surface area contributed by atoms with Gasteiger partial charge in [-0.25, -0.2) is 4.39 Å². The summed E-state index contributed by atoms with van der Waals surface area (Å²) in [5.41, 5.74) is 1.03. The number of benzene rings is 1. The quantitative estimate of drug-likeness (QED) is 0.749. The van der Waals surface area contributed by atoms with Gasteiger partial charge in [0.1, 0.15) is 5.82 Å². The van der Waals surface area contributed by atoms with Crippen molar-refractivity contribution < 1.29 is 9.18 Å². The molecule has 1 N–H and O–H groups in total. The van der Waals surface area contributed by atoms with Crippen LogP contribution in [-0.2, 0) is 10.2 Å². The van der Waals surface area contributed by atoms with Gasteiger partial charge in [-0.15, -0.1) is 0 Å². The molecule has 0 saturated carbocycles. The summed E-state index contributed by atoms with van der Waals surface area (Å²) in [5.74, 6) is -0.114. The molecule has 1 aromatic carbocycles. The lowest BCUT2D eigenvalue weighted by atomic mass is 9.76. The summed E-state index contributed by atoms with van der Waals surface area (Å²) in [6.07, 6.45) is 1.37. The third kappa shape index (κ3) is 2.01. The second-order valence-electron chi connectivity index (χ2n) is 4.34. The largest absolute Gasteiger partial charge is 0.355 e. The summed E-state index contributed by atoms with van der Waals surface area (Å²) in [7, 11) is 0. The van der Waals surface area contributed by atoms with Gasteiger partial charge >= 0.3 is 0 Å². The van der Waals surface area contributed by atoms with Crippen molar-refractivity contribution in [2.45, 2.75) is 25.2 Å². The van der Waals surface area contributed by atoms with E-state index in [1.165, 1.54) is 12.1 Å². The molecule has 1 aromatic rings. The van der Waals surface area contributed by atoms with Crippen molar-refractivity contribution in [2.24, 2.45) is 0 Å². The molecule has 0 spiro atoms. The van der Waals surface area contributed by atoms with Crippen molar-refractivity contribution in [3.05, 3.63) is 35.6 Å². The standard InChI is InChI=1S/C12H14FNO/c1-12(7-6-11(15)14-8-12)9-2-4-10(13)5-3-9/h2-5H,6-8H2,1H3,(H,14,15). The predicted molar refractivity (Wildman–Crippen MR) is 56.0 cm³/mol. The molecule has 2 nitrogen and oxygen atoms in total. The summed E-state index contributed by atoms with van der Waals surface area (Å²) in [5, 5.41) is 2.85. The fourth-order valence-electron chi connectivity index (χ4n) is 1.96. The van der Waals surface area contributed by atoms with Crippen molar-refractivity contribution in [1.29, 1.82) is 0 Å². The fourth-order valence-corrected chi connectivity index (χ4v) is 1.96. The minimum absolute atomic E-state index is 0.0540. The summed E-state index contributed by atoms with van der Waals surface area (Å²) in [6.45, 7) is 2.73. The first kappa shape index (κ1) is 10.1. The van der Waals surface area contributed by atoms with Gasteiger partial charge in [0.25, 0.3) is 0 Å². The maximum Gasteiger partial charge on any atom is 0.220 e. The Kier molecular flexibility index (Phi) is 2.47. The van der Waals surface area contributed by atoms with Gasteiger partial charge < -0.3 is 5.32 Å². The van der Waals surface area contributed by atoms with Gasteiger partial charge in [0.05, 0.1) is 0 Å². The number of rotatable bonds is 1. The van der Waals surface area contributed by atoms with Crippen LogP contribution in [0.25, 0.3) is 0 Å². The van der Waals surface area contributed by atoms with Crippen LogP contribution < -0.4 is 5.32 Å². The van der Waals surface area contributed by atoms with E-state index in [-0.39, 0.29) is 17.1 Å². The molecule has 1 fully saturated rings. The Morgan fingerprint density at radius 1 is 1.33 bits per heavy atom. The zero-order chi connectivity index (χ0) is 10.9. The molecule has 0 aromatic heterocycles. The molecular weight excluding hydrogens is 193 g/mol. The van der Waals surface area contributed by atoms with Crippen LogP contribution in [0, 0.1) is 5.82 Å². The Balaban J connectivity index is 2.22. The van der Waals surface area contributed by atoms with Gasteiger partial charge in [0.2, 0.25) is 5.91 Å². The first-order valence-corrected chi connectivity index (χ1v) is 5.13. The lowest BCUT2D eigenvalue weighted by molar-refractivity contribution is -0.123. The number of hydrogen-bond acceptors (Lipinski definition) is 1. The SMILES string of the molecule is CC1(c2ccc(F)cc2)CCC(=O)NC1. The molecule has 80 valence electrons. The number of hydrogen-bond donors (Lipinski definition) is 1. The first-order valence-electron chi connectivity index (χ1n) is 5.13. The Hall–Kier alpha value is -1.38. The molecule has 0 aliphatic carbocycles. The zero-order valence-electron chi connectivity index (χ0n) is 8.72. The van der Waals surface area contributed by atoms with E-state index in [1.54, 1.807) is 12.1 Å². The number of amides is 1. The van der Waals surface area contributed by atoms with Crippen molar-refractivity contribution in [1.82, 2.24) is 5.32 Å². The van der Waals surface area contributed by atoms with E-state index in [4.69, 9.17) is 0 Å². The molecule has 2 rings (SSSR count). The Bertz CT molecular complexity index is 362. The van der Waals surface area contributed by atoms with Gasteiger partial charge in [-0.3, -0.25) is 4.79 Å². The highest BCUT2D eigenvalue weighted by atomic mass is 19.1. The van der Waals surface area contributed by atoms with E-state index < -0.39 is 0 Å². The Labute approximate surface area is 88.5 Å². The maximum atomic E-state index is 12.8. The topological polar surface area (TPSA) is 29.1 Å². The molecule has 1 saturated heterocycles. The number of carbonyl (C=O) groups excluding carboxylic acids is 1. The average molecular weight is 207 g/mol. The number of nitrogens with one attached hydrogen (secondary N) is 1. The van der Waals surface area contributed by atoms with Crippen molar-refractivity contribution in [3.63, 3.8) is 0 Å². The molecule has 1 heterocycles. The third-order valence-corrected chi connectivity index (χ3v) is 3.12. The summed E-state index contributed by atoms with van der Waals surface area (Å²) in [6, 6.07) is 6.54. The summed E-state index contributed by atoms with van der Waals surface area (Å²) >= 11 is 0. The zero-order valence-corrected chi connectivity index (χ0v) is 8.72. The van der Waals surface area contributed by atoms with Crippen LogP contribution in [0.3, 0.4) is 0 Å². The number of carbonyl (C=O) groups is 1. The molecule has 1 unspecified atom stereocenters. The highest BCUT2D eigenvalue weighted by Gasteiger charge is 2.31. The fraction of sp³-hybridized carbons (Fsp3) is 0.417. The average Bonchev–Trinajstić information content (AvgIpc) is 2.24. The smallest absolute Gasteiger partial charge is 0.220 e. The highest BCUT2D eigenvalue weighted by Crippen LogP contribution is 2.30. The van der Waals surface area contributed by atoms with Crippen molar-refractivity contribution in [2.75, 3.05) is 6.54 Å². The number of piperidine rings is 1. The maximum absolute atomic E-state index is 12.8. The molecular formula is C12H14FNO. The van der Waals surface area contributed by atoms with Gasteiger partial charge in [0.15, 0.2) is 0 Å². The van der Waals surface area contributed by atoms with Crippen LogP contribution in [0.4, 0.5) is 4.39 Å². The minimum Gasteiger partial charge on any atom is -0.355 e. The molecule has 0 radical (unpaired) electrons. The molecule has 3 heteroatoms. The predicted octanol–water partition coefficient (Wildman–Crippen LogP) is 1.99. The van der Waals surface area contributed by atoms with Gasteiger partial charge in [-0.1, -0.05) is 19.1 Å². The third-order valence-electron chi connectivity index (χ3n) is 3.12. The van der Waals surface area contributed by atoms with Crippen molar-refractivity contribution in [3.8, 4) is 0 Å². The first-order chi connectivity index (χ1) is 7.10. The number of halogens is 1. The monoisotopic (exact) mass is 207 g/mol. The van der Waals surface area contributed by atoms with Crippen LogP contribution in [0.5, 0.6) is 0 Å². The van der Waals surface area contributed by atoms with E-state index >= 15 is 0 Å². The van der Waals surface area contributed by atoms with Crippen LogP contribution in [0.2, 0.25) is 0 Å². The molecule has 1 aliphatic rings. The molecule has 1 atom stereocenters. The summed E-state index contributed by atoms with van der Waals surface area (Å²) < 4.78 is 12.8. The van der Waals surface area contributed by atoms with Crippen LogP contribution in [-0.4, -0.2) is 12.5 Å². The lowest BCUT2D eigenvalue weighted by Crippen LogP contribution is -2.44. The molecule has 1 amide bonds. The van der Waals surface area contributed by atoms with E-state index in [1.807, 2.05) is 0 Å². The normalized spacial score (nSPS) is 26.1. The van der Waals surface area contributed by atoms with E-state index in [9.17, 15) is 9.18 Å². The molecule has 1 aliphatic heterocycles. The van der Waals surface area contributed by atoms with Gasteiger partial charge in [-0.2, -0.15) is 0 Å². The van der Waals surface area contributed by atoms with Crippen LogP contribution in [0.15, 0.2) is 24.3 Å². The summed E-state index contributed by atoms with van der Waals surface area (Å²) in [4.78, 5) is 11.1. The van der Waals surface area contributed by atoms with Crippen LogP contribution >= 0.6 is 0 Å². The van der Waals surface area contributed by atoms with E-state index in [0.29, 0.717) is 13.0 Å². The minimum atomic E-state index is -0.220. The van der Waals surface area contributed by atoms with E-state index in [2.05, 4.69) is 12.2 Å². The second-order valence-corrected chi connectivity index (χ2v) is 4.34. The Morgan fingerprint density at radius 3 is 2.53 bits per heavy atom. The van der Waals surface area contributed by atoms with Crippen LogP contribution in [0.1, 0.15) is 25.3 Å². The lowest BCUT2D eigenvalue weighted by Gasteiger charge is -2.34. The highest BCUT2D eigenvalue weighted by molar-refractivity contribution is 5.77. The molecule has 0 bridgehead atoms. The van der Waals surface area contributed by atoms with Gasteiger partial charge in [0, 0.05) is 18.4 Å². The van der Waals surface area contributed by atoms with Crippen molar-refractivity contribution >= 4 is 5.91 Å². The molecule has 15 heavy (non-hydrogen) atoms. The van der Waals surface area contributed by atoms with E-state index in [0.717, 1.165) is 12.0 Å².